The van der Waals surface area contributed by atoms with E-state index < -0.39 is 21.4 Å². The number of ether oxygens (including phenoxy) is 1. The van der Waals surface area contributed by atoms with Crippen molar-refractivity contribution in [2.75, 3.05) is 0 Å². The summed E-state index contributed by atoms with van der Waals surface area (Å²) >= 11 is 7.62. The Morgan fingerprint density at radius 3 is 2.32 bits per heavy atom. The lowest BCUT2D eigenvalue weighted by Crippen LogP contribution is -2.33. The smallest absolute Gasteiger partial charge is 0.416 e. The molecule has 0 aliphatic rings. The van der Waals surface area contributed by atoms with Crippen molar-refractivity contribution in [1.82, 2.24) is 14.8 Å². The molecule has 0 bridgehead atoms. The summed E-state index contributed by atoms with van der Waals surface area (Å²) in [5, 5.41) is 15.3. The SMILES string of the molecule is CC(O)(c1ccc(Oc2ccc(Cl)cc2)cc1C(F)(F)F)C(I)n1cncn1. The van der Waals surface area contributed by atoms with Crippen molar-refractivity contribution < 1.29 is 23.0 Å². The van der Waals surface area contributed by atoms with E-state index in [0.29, 0.717) is 10.8 Å². The number of alkyl halides is 4. The van der Waals surface area contributed by atoms with Crippen molar-refractivity contribution in [2.45, 2.75) is 22.7 Å². The van der Waals surface area contributed by atoms with Crippen LogP contribution in [0.4, 0.5) is 13.2 Å². The van der Waals surface area contributed by atoms with E-state index in [2.05, 4.69) is 10.1 Å². The fraction of sp³-hybridized carbons (Fsp3) is 0.222. The first-order valence-electron chi connectivity index (χ1n) is 7.95. The van der Waals surface area contributed by atoms with Gasteiger partial charge in [-0.1, -0.05) is 40.3 Å². The first-order chi connectivity index (χ1) is 13.1. The Bertz CT molecular complexity index is 948. The topological polar surface area (TPSA) is 60.2 Å². The lowest BCUT2D eigenvalue weighted by atomic mass is 9.90. The Morgan fingerprint density at radius 2 is 1.75 bits per heavy atom. The highest BCUT2D eigenvalue weighted by Gasteiger charge is 2.43. The summed E-state index contributed by atoms with van der Waals surface area (Å²) in [5.41, 5.74) is -3.16. The van der Waals surface area contributed by atoms with Gasteiger partial charge in [-0.2, -0.15) is 18.3 Å². The number of aliphatic hydroxyl groups is 1. The zero-order valence-corrected chi connectivity index (χ0v) is 17.3. The van der Waals surface area contributed by atoms with Crippen molar-refractivity contribution in [3.63, 3.8) is 0 Å². The lowest BCUT2D eigenvalue weighted by Gasteiger charge is -2.31. The highest BCUT2D eigenvalue weighted by atomic mass is 127. The summed E-state index contributed by atoms with van der Waals surface area (Å²) in [6.45, 7) is 1.30. The maximum Gasteiger partial charge on any atom is 0.416 e. The summed E-state index contributed by atoms with van der Waals surface area (Å²) < 4.78 is 47.2. The first kappa shape index (κ1) is 20.9. The van der Waals surface area contributed by atoms with Gasteiger partial charge in [-0.25, -0.2) is 9.67 Å². The molecule has 0 aliphatic heterocycles. The van der Waals surface area contributed by atoms with Crippen LogP contribution in [0.25, 0.3) is 0 Å². The third-order valence-corrected chi connectivity index (χ3v) is 6.06. The third kappa shape index (κ3) is 4.41. The maximum absolute atomic E-state index is 13.7. The van der Waals surface area contributed by atoms with Gasteiger partial charge in [-0.05, 0) is 48.9 Å². The van der Waals surface area contributed by atoms with Crippen molar-refractivity contribution >= 4 is 34.2 Å². The minimum atomic E-state index is -4.70. The van der Waals surface area contributed by atoms with E-state index in [9.17, 15) is 18.3 Å². The standard InChI is InChI=1S/C18H14ClF3IN3O2/c1-17(27,16(23)26-10-24-9-25-26)14-7-6-13(8-15(14)18(20,21)22)28-12-4-2-11(19)3-5-12/h2-10,16,27H,1H3. The average molecular weight is 524 g/mol. The molecule has 0 spiro atoms. The summed E-state index contributed by atoms with van der Waals surface area (Å²) in [4.78, 5) is 3.77. The van der Waals surface area contributed by atoms with Gasteiger partial charge >= 0.3 is 6.18 Å². The molecule has 1 aromatic heterocycles. The van der Waals surface area contributed by atoms with Gasteiger partial charge in [0.05, 0.1) is 5.56 Å². The van der Waals surface area contributed by atoms with Gasteiger partial charge in [-0.3, -0.25) is 0 Å². The van der Waals surface area contributed by atoms with Crippen LogP contribution in [-0.4, -0.2) is 19.9 Å². The van der Waals surface area contributed by atoms with E-state index in [4.69, 9.17) is 16.3 Å². The Morgan fingerprint density at radius 1 is 1.11 bits per heavy atom. The van der Waals surface area contributed by atoms with E-state index in [1.165, 1.54) is 36.4 Å². The molecule has 2 unspecified atom stereocenters. The molecule has 3 aromatic rings. The molecule has 1 N–H and O–H groups in total. The van der Waals surface area contributed by atoms with Crippen LogP contribution < -0.4 is 4.74 Å². The molecule has 28 heavy (non-hydrogen) atoms. The highest BCUT2D eigenvalue weighted by molar-refractivity contribution is 14.1. The van der Waals surface area contributed by atoms with E-state index in [1.807, 2.05) is 22.6 Å². The number of nitrogens with zero attached hydrogens (tertiary/aromatic N) is 3. The van der Waals surface area contributed by atoms with Crippen molar-refractivity contribution in [3.05, 3.63) is 71.3 Å². The zero-order valence-electron chi connectivity index (χ0n) is 14.4. The molecule has 10 heteroatoms. The highest BCUT2D eigenvalue weighted by Crippen LogP contribution is 2.45. The maximum atomic E-state index is 13.7. The quantitative estimate of drug-likeness (QED) is 0.350. The van der Waals surface area contributed by atoms with Gasteiger partial charge in [0, 0.05) is 5.02 Å². The van der Waals surface area contributed by atoms with Gasteiger partial charge < -0.3 is 9.84 Å². The van der Waals surface area contributed by atoms with E-state index >= 15 is 0 Å². The van der Waals surface area contributed by atoms with Crippen molar-refractivity contribution in [3.8, 4) is 11.5 Å². The molecule has 1 heterocycles. The Kier molecular flexibility index (Phi) is 5.87. The predicted octanol–water partition coefficient (Wildman–Crippen LogP) is 5.58. The summed E-state index contributed by atoms with van der Waals surface area (Å²) in [6, 6.07) is 9.67. The van der Waals surface area contributed by atoms with E-state index in [-0.39, 0.29) is 11.3 Å². The van der Waals surface area contributed by atoms with Crippen LogP contribution in [0, 0.1) is 0 Å². The molecule has 0 aliphatic carbocycles. The zero-order chi connectivity index (χ0) is 20.5. The molecule has 0 radical (unpaired) electrons. The summed E-state index contributed by atoms with van der Waals surface area (Å²) in [7, 11) is 0. The molecular formula is C18H14ClF3IN3O2. The summed E-state index contributed by atoms with van der Waals surface area (Å²) in [5.74, 6) is 0.325. The Labute approximate surface area is 177 Å². The fourth-order valence-electron chi connectivity index (χ4n) is 2.62. The molecule has 148 valence electrons. The predicted molar refractivity (Wildman–Crippen MR) is 106 cm³/mol. The molecular weight excluding hydrogens is 510 g/mol. The van der Waals surface area contributed by atoms with Crippen LogP contribution in [0.5, 0.6) is 11.5 Å². The second-order valence-electron chi connectivity index (χ2n) is 6.12. The number of benzene rings is 2. The second kappa shape index (κ2) is 7.88. The average Bonchev–Trinajstić information content (AvgIpc) is 3.16. The van der Waals surface area contributed by atoms with Gasteiger partial charge in [0.2, 0.25) is 0 Å². The minimum absolute atomic E-state index is 0.0139. The van der Waals surface area contributed by atoms with E-state index in [0.717, 1.165) is 6.07 Å². The molecule has 0 amide bonds. The molecule has 0 fully saturated rings. The van der Waals surface area contributed by atoms with Crippen LogP contribution in [0.3, 0.4) is 0 Å². The number of hydrogen-bond acceptors (Lipinski definition) is 4. The molecule has 0 saturated heterocycles. The minimum Gasteiger partial charge on any atom is -0.457 e. The van der Waals surface area contributed by atoms with Crippen LogP contribution in [-0.2, 0) is 11.8 Å². The number of halogens is 5. The molecule has 2 atom stereocenters. The monoisotopic (exact) mass is 523 g/mol. The van der Waals surface area contributed by atoms with E-state index in [1.54, 1.807) is 24.3 Å². The van der Waals surface area contributed by atoms with Gasteiger partial charge in [0.15, 0.2) is 0 Å². The normalized spacial score (nSPS) is 15.1. The Balaban J connectivity index is 2.00. The largest absolute Gasteiger partial charge is 0.457 e. The fourth-order valence-corrected chi connectivity index (χ4v) is 3.37. The van der Waals surface area contributed by atoms with Crippen LogP contribution in [0.2, 0.25) is 5.02 Å². The van der Waals surface area contributed by atoms with Crippen LogP contribution in [0.1, 0.15) is 22.1 Å². The van der Waals surface area contributed by atoms with Crippen molar-refractivity contribution in [2.24, 2.45) is 0 Å². The molecule has 3 rings (SSSR count). The second-order valence-corrected chi connectivity index (χ2v) is 7.74. The van der Waals surface area contributed by atoms with Crippen LogP contribution in [0.15, 0.2) is 55.1 Å². The lowest BCUT2D eigenvalue weighted by molar-refractivity contribution is -0.140. The van der Waals surface area contributed by atoms with Gasteiger partial charge in [0.1, 0.15) is 33.8 Å². The van der Waals surface area contributed by atoms with Gasteiger partial charge in [-0.15, -0.1) is 0 Å². The third-order valence-electron chi connectivity index (χ3n) is 4.02. The van der Waals surface area contributed by atoms with Gasteiger partial charge in [0.25, 0.3) is 0 Å². The number of rotatable bonds is 5. The number of aromatic nitrogens is 3. The van der Waals surface area contributed by atoms with Crippen molar-refractivity contribution in [1.29, 1.82) is 0 Å². The molecule has 2 aromatic carbocycles. The Hall–Kier alpha value is -1.85. The van der Waals surface area contributed by atoms with Crippen LogP contribution >= 0.6 is 34.2 Å². The number of hydrogen-bond donors (Lipinski definition) is 1. The first-order valence-corrected chi connectivity index (χ1v) is 9.57. The summed E-state index contributed by atoms with van der Waals surface area (Å²) in [6.07, 6.45) is -2.12. The molecule has 0 saturated carbocycles. The molecule has 5 nitrogen and oxygen atoms in total.